The van der Waals surface area contributed by atoms with Crippen LogP contribution in [0, 0.1) is 5.82 Å². The van der Waals surface area contributed by atoms with Crippen LogP contribution in [-0.2, 0) is 6.54 Å². The first-order chi connectivity index (χ1) is 7.77. The minimum atomic E-state index is -0.241. The lowest BCUT2D eigenvalue weighted by Gasteiger charge is -2.08. The van der Waals surface area contributed by atoms with Crippen LogP contribution in [-0.4, -0.2) is 19.1 Å². The molecule has 1 aromatic carbocycles. The largest absolute Gasteiger partial charge is 0.313 e. The Morgan fingerprint density at radius 3 is 2.81 bits per heavy atom. The summed E-state index contributed by atoms with van der Waals surface area (Å²) in [7, 11) is 0. The Hall–Kier alpha value is -0.640. The third-order valence-corrected chi connectivity index (χ3v) is 3.03. The van der Waals surface area contributed by atoms with E-state index in [1.165, 1.54) is 18.9 Å². The molecule has 1 aliphatic carbocycles. The Kier molecular flexibility index (Phi) is 4.16. The predicted molar refractivity (Wildman–Crippen MR) is 64.1 cm³/mol. The second-order valence-electron chi connectivity index (χ2n) is 4.11. The van der Waals surface area contributed by atoms with E-state index < -0.39 is 0 Å². The molecule has 0 amide bonds. The first-order valence-electron chi connectivity index (χ1n) is 5.64. The number of halogens is 2. The van der Waals surface area contributed by atoms with Crippen molar-refractivity contribution in [2.45, 2.75) is 25.4 Å². The van der Waals surface area contributed by atoms with Crippen molar-refractivity contribution in [2.75, 3.05) is 13.1 Å². The van der Waals surface area contributed by atoms with Crippen LogP contribution in [0.2, 0.25) is 5.02 Å². The molecular formula is C12H16ClFN2. The number of rotatable bonds is 6. The molecule has 0 radical (unpaired) electrons. The Labute approximate surface area is 100 Å². The van der Waals surface area contributed by atoms with Crippen molar-refractivity contribution in [2.24, 2.45) is 0 Å². The van der Waals surface area contributed by atoms with Gasteiger partial charge in [0.25, 0.3) is 0 Å². The van der Waals surface area contributed by atoms with Crippen molar-refractivity contribution in [3.05, 3.63) is 34.6 Å². The van der Waals surface area contributed by atoms with E-state index in [4.69, 9.17) is 11.6 Å². The fourth-order valence-electron chi connectivity index (χ4n) is 1.57. The molecule has 1 fully saturated rings. The van der Waals surface area contributed by atoms with Gasteiger partial charge in [-0.1, -0.05) is 17.7 Å². The molecule has 1 saturated carbocycles. The van der Waals surface area contributed by atoms with Gasteiger partial charge < -0.3 is 10.6 Å². The van der Waals surface area contributed by atoms with Gasteiger partial charge in [0.1, 0.15) is 5.82 Å². The maximum absolute atomic E-state index is 13.4. The van der Waals surface area contributed by atoms with E-state index in [9.17, 15) is 4.39 Å². The van der Waals surface area contributed by atoms with Gasteiger partial charge in [0.05, 0.1) is 0 Å². The van der Waals surface area contributed by atoms with Gasteiger partial charge >= 0.3 is 0 Å². The molecular weight excluding hydrogens is 227 g/mol. The van der Waals surface area contributed by atoms with Crippen LogP contribution in [0.3, 0.4) is 0 Å². The standard InChI is InChI=1S/C12H16ClFN2/c13-11-2-1-3-12(14)10(11)8-15-6-7-16-9-4-5-9/h1-3,9,15-16H,4-8H2. The van der Waals surface area contributed by atoms with Crippen molar-refractivity contribution < 1.29 is 4.39 Å². The summed E-state index contributed by atoms with van der Waals surface area (Å²) in [5, 5.41) is 7.05. The second-order valence-corrected chi connectivity index (χ2v) is 4.51. The summed E-state index contributed by atoms with van der Waals surface area (Å²) in [4.78, 5) is 0. The van der Waals surface area contributed by atoms with Gasteiger partial charge in [-0.2, -0.15) is 0 Å². The van der Waals surface area contributed by atoms with Gasteiger partial charge in [-0.25, -0.2) is 4.39 Å². The van der Waals surface area contributed by atoms with E-state index in [0.717, 1.165) is 19.1 Å². The molecule has 88 valence electrons. The van der Waals surface area contributed by atoms with Gasteiger partial charge in [-0.15, -0.1) is 0 Å². The Bertz CT molecular complexity index is 333. The van der Waals surface area contributed by atoms with Gasteiger partial charge in [0, 0.05) is 36.3 Å². The average molecular weight is 243 g/mol. The van der Waals surface area contributed by atoms with E-state index in [2.05, 4.69) is 10.6 Å². The highest BCUT2D eigenvalue weighted by Crippen LogP contribution is 2.19. The topological polar surface area (TPSA) is 24.1 Å². The smallest absolute Gasteiger partial charge is 0.129 e. The lowest BCUT2D eigenvalue weighted by molar-refractivity contribution is 0.572. The van der Waals surface area contributed by atoms with Gasteiger partial charge in [0.15, 0.2) is 0 Å². The molecule has 0 atom stereocenters. The second kappa shape index (κ2) is 5.62. The molecule has 2 rings (SSSR count). The minimum absolute atomic E-state index is 0.241. The summed E-state index contributed by atoms with van der Waals surface area (Å²) in [5.41, 5.74) is 0.551. The summed E-state index contributed by atoms with van der Waals surface area (Å²) in [6, 6.07) is 5.49. The molecule has 0 bridgehead atoms. The Morgan fingerprint density at radius 1 is 1.31 bits per heavy atom. The van der Waals surface area contributed by atoms with Crippen molar-refractivity contribution in [3.8, 4) is 0 Å². The monoisotopic (exact) mass is 242 g/mol. The lowest BCUT2D eigenvalue weighted by Crippen LogP contribution is -2.28. The molecule has 0 saturated heterocycles. The molecule has 1 aromatic rings. The van der Waals surface area contributed by atoms with Crippen molar-refractivity contribution >= 4 is 11.6 Å². The SMILES string of the molecule is Fc1cccc(Cl)c1CNCCNC1CC1. The predicted octanol–water partition coefficient (Wildman–Crippen LogP) is 2.32. The number of hydrogen-bond donors (Lipinski definition) is 2. The zero-order valence-corrected chi connectivity index (χ0v) is 9.86. The molecule has 2 N–H and O–H groups in total. The highest BCUT2D eigenvalue weighted by molar-refractivity contribution is 6.31. The maximum Gasteiger partial charge on any atom is 0.129 e. The first-order valence-corrected chi connectivity index (χ1v) is 6.02. The molecule has 2 nitrogen and oxygen atoms in total. The van der Waals surface area contributed by atoms with E-state index >= 15 is 0 Å². The molecule has 0 aromatic heterocycles. The van der Waals surface area contributed by atoms with Crippen LogP contribution in [0.1, 0.15) is 18.4 Å². The van der Waals surface area contributed by atoms with Crippen LogP contribution < -0.4 is 10.6 Å². The van der Waals surface area contributed by atoms with E-state index in [-0.39, 0.29) is 5.82 Å². The summed E-state index contributed by atoms with van der Waals surface area (Å²) in [6.45, 7) is 2.25. The molecule has 16 heavy (non-hydrogen) atoms. The van der Waals surface area contributed by atoms with Crippen LogP contribution in [0.15, 0.2) is 18.2 Å². The zero-order chi connectivity index (χ0) is 11.4. The zero-order valence-electron chi connectivity index (χ0n) is 9.10. The average Bonchev–Trinajstić information content (AvgIpc) is 3.05. The highest BCUT2D eigenvalue weighted by atomic mass is 35.5. The fraction of sp³-hybridized carbons (Fsp3) is 0.500. The van der Waals surface area contributed by atoms with Gasteiger partial charge in [-0.05, 0) is 25.0 Å². The third kappa shape index (κ3) is 3.44. The van der Waals surface area contributed by atoms with Crippen LogP contribution in [0.25, 0.3) is 0 Å². The summed E-state index contributed by atoms with van der Waals surface area (Å²) >= 11 is 5.91. The van der Waals surface area contributed by atoms with Crippen LogP contribution in [0.4, 0.5) is 4.39 Å². The van der Waals surface area contributed by atoms with Gasteiger partial charge in [-0.3, -0.25) is 0 Å². The first kappa shape index (κ1) is 11.8. The number of nitrogens with one attached hydrogen (secondary N) is 2. The van der Waals surface area contributed by atoms with Crippen LogP contribution >= 0.6 is 11.6 Å². The molecule has 4 heteroatoms. The number of hydrogen-bond acceptors (Lipinski definition) is 2. The summed E-state index contributed by atoms with van der Waals surface area (Å²) in [6.07, 6.45) is 2.58. The van der Waals surface area contributed by atoms with E-state index in [1.807, 2.05) is 0 Å². The summed E-state index contributed by atoms with van der Waals surface area (Å²) < 4.78 is 13.4. The molecule has 0 aliphatic heterocycles. The summed E-state index contributed by atoms with van der Waals surface area (Å²) in [5.74, 6) is -0.241. The Morgan fingerprint density at radius 2 is 2.12 bits per heavy atom. The third-order valence-electron chi connectivity index (χ3n) is 2.68. The minimum Gasteiger partial charge on any atom is -0.313 e. The molecule has 0 heterocycles. The quantitative estimate of drug-likeness (QED) is 0.749. The molecule has 0 unspecified atom stereocenters. The van der Waals surface area contributed by atoms with Crippen molar-refractivity contribution in [1.82, 2.24) is 10.6 Å². The van der Waals surface area contributed by atoms with E-state index in [1.54, 1.807) is 12.1 Å². The van der Waals surface area contributed by atoms with E-state index in [0.29, 0.717) is 17.1 Å². The normalized spacial score (nSPS) is 15.4. The molecule has 1 aliphatic rings. The van der Waals surface area contributed by atoms with Gasteiger partial charge in [0.2, 0.25) is 0 Å². The molecule has 0 spiro atoms. The van der Waals surface area contributed by atoms with Crippen LogP contribution in [0.5, 0.6) is 0 Å². The Balaban J connectivity index is 1.71. The van der Waals surface area contributed by atoms with Crippen molar-refractivity contribution in [3.63, 3.8) is 0 Å². The maximum atomic E-state index is 13.4. The fourth-order valence-corrected chi connectivity index (χ4v) is 1.80. The number of benzene rings is 1. The lowest BCUT2D eigenvalue weighted by atomic mass is 10.2. The highest BCUT2D eigenvalue weighted by Gasteiger charge is 2.19. The van der Waals surface area contributed by atoms with Crippen molar-refractivity contribution in [1.29, 1.82) is 0 Å².